The van der Waals surface area contributed by atoms with Gasteiger partial charge in [0.15, 0.2) is 0 Å². The highest BCUT2D eigenvalue weighted by Gasteiger charge is 2.26. The monoisotopic (exact) mass is 384 g/mol. The summed E-state index contributed by atoms with van der Waals surface area (Å²) < 4.78 is 5.13. The summed E-state index contributed by atoms with van der Waals surface area (Å²) in [6.45, 7) is 3.72. The molecule has 8 heteroatoms. The van der Waals surface area contributed by atoms with Crippen molar-refractivity contribution in [1.82, 2.24) is 10.3 Å². The van der Waals surface area contributed by atoms with Crippen LogP contribution < -0.4 is 15.0 Å². The van der Waals surface area contributed by atoms with E-state index >= 15 is 0 Å². The van der Waals surface area contributed by atoms with E-state index in [2.05, 4.69) is 15.2 Å². The number of nitrogens with one attached hydrogen (secondary N) is 1. The molecule has 8 nitrogen and oxygen atoms in total. The molecule has 1 aliphatic rings. The number of rotatable bonds is 6. The number of hydrogen-bond donors (Lipinski definition) is 1. The number of aryl methyl sites for hydroxylation is 1. The Morgan fingerprint density at radius 3 is 2.57 bits per heavy atom. The second-order valence-electron chi connectivity index (χ2n) is 6.92. The van der Waals surface area contributed by atoms with Crippen molar-refractivity contribution in [3.8, 4) is 5.75 Å². The predicted octanol–water partition coefficient (Wildman–Crippen LogP) is 2.84. The molecular weight excluding hydrogens is 360 g/mol. The summed E-state index contributed by atoms with van der Waals surface area (Å²) >= 11 is 0. The van der Waals surface area contributed by atoms with E-state index in [1.807, 2.05) is 31.2 Å². The fraction of sp³-hybridized carbons (Fsp3) is 0.400. The number of carbonyl (C=O) groups excluding carboxylic acids is 1. The first-order valence-corrected chi connectivity index (χ1v) is 9.24. The highest BCUT2D eigenvalue weighted by Crippen LogP contribution is 2.26. The van der Waals surface area contributed by atoms with Gasteiger partial charge in [-0.15, -0.1) is 0 Å². The van der Waals surface area contributed by atoms with E-state index in [9.17, 15) is 14.9 Å². The number of carbonyl (C=O) groups is 1. The number of nitro groups is 1. The van der Waals surface area contributed by atoms with Crippen molar-refractivity contribution in [3.63, 3.8) is 0 Å². The van der Waals surface area contributed by atoms with Crippen LogP contribution in [0.5, 0.6) is 5.75 Å². The first-order valence-electron chi connectivity index (χ1n) is 9.24. The van der Waals surface area contributed by atoms with Gasteiger partial charge in [0.05, 0.1) is 12.0 Å². The molecule has 1 amide bonds. The third-order valence-corrected chi connectivity index (χ3v) is 5.04. The Hall–Kier alpha value is -3.16. The minimum Gasteiger partial charge on any atom is -0.497 e. The van der Waals surface area contributed by atoms with Crippen molar-refractivity contribution < 1.29 is 14.5 Å². The minimum absolute atomic E-state index is 0.00551. The fourth-order valence-corrected chi connectivity index (χ4v) is 3.41. The van der Waals surface area contributed by atoms with Gasteiger partial charge in [-0.05, 0) is 43.0 Å². The number of aromatic nitrogens is 1. The summed E-state index contributed by atoms with van der Waals surface area (Å²) in [6, 6.07) is 9.16. The zero-order valence-electron chi connectivity index (χ0n) is 16.1. The molecule has 1 N–H and O–H groups in total. The van der Waals surface area contributed by atoms with Crippen molar-refractivity contribution in [2.75, 3.05) is 25.1 Å². The summed E-state index contributed by atoms with van der Waals surface area (Å²) in [5.41, 5.74) is 1.79. The normalized spacial score (nSPS) is 14.6. The molecule has 148 valence electrons. The van der Waals surface area contributed by atoms with Gasteiger partial charge in [0.25, 0.3) is 5.69 Å². The van der Waals surface area contributed by atoms with Gasteiger partial charge in [-0.2, -0.15) is 0 Å². The molecule has 0 atom stereocenters. The molecular formula is C20H24N4O4. The maximum absolute atomic E-state index is 12.5. The number of pyridine rings is 1. The fourth-order valence-electron chi connectivity index (χ4n) is 3.41. The topological polar surface area (TPSA) is 97.6 Å². The van der Waals surface area contributed by atoms with Gasteiger partial charge < -0.3 is 15.0 Å². The van der Waals surface area contributed by atoms with E-state index in [0.29, 0.717) is 19.6 Å². The largest absolute Gasteiger partial charge is 0.497 e. The lowest BCUT2D eigenvalue weighted by molar-refractivity contribution is -0.385. The molecule has 28 heavy (non-hydrogen) atoms. The predicted molar refractivity (Wildman–Crippen MR) is 105 cm³/mol. The van der Waals surface area contributed by atoms with Crippen molar-refractivity contribution in [3.05, 3.63) is 57.8 Å². The Kier molecular flexibility index (Phi) is 6.08. The number of nitrogens with zero attached hydrogens (tertiary/aromatic N) is 3. The minimum atomic E-state index is -0.441. The zero-order valence-corrected chi connectivity index (χ0v) is 16.1. The van der Waals surface area contributed by atoms with Crippen molar-refractivity contribution >= 4 is 17.4 Å². The van der Waals surface area contributed by atoms with Crippen LogP contribution >= 0.6 is 0 Å². The molecule has 1 fully saturated rings. The summed E-state index contributed by atoms with van der Waals surface area (Å²) in [6.07, 6.45) is 2.75. The Morgan fingerprint density at radius 2 is 2.00 bits per heavy atom. The SMILES string of the molecule is COc1ccc(CNC(=O)C2CCN(c3ncc([N+](=O)[O-])cc3C)CC2)cc1. The molecule has 0 bridgehead atoms. The van der Waals surface area contributed by atoms with Crippen molar-refractivity contribution in [2.24, 2.45) is 5.92 Å². The van der Waals surface area contributed by atoms with Gasteiger partial charge >= 0.3 is 0 Å². The van der Waals surface area contributed by atoms with Crippen molar-refractivity contribution in [1.29, 1.82) is 0 Å². The number of piperidine rings is 1. The van der Waals surface area contributed by atoms with Crippen LogP contribution in [-0.2, 0) is 11.3 Å². The lowest BCUT2D eigenvalue weighted by Gasteiger charge is -2.32. The first kappa shape index (κ1) is 19.6. The summed E-state index contributed by atoms with van der Waals surface area (Å²) in [5, 5.41) is 13.9. The van der Waals surface area contributed by atoms with E-state index in [0.717, 1.165) is 35.5 Å². The highest BCUT2D eigenvalue weighted by atomic mass is 16.6. The molecule has 0 spiro atoms. The molecule has 3 rings (SSSR count). The van der Waals surface area contributed by atoms with E-state index in [1.165, 1.54) is 12.3 Å². The summed E-state index contributed by atoms with van der Waals surface area (Å²) in [4.78, 5) is 29.2. The Labute approximate surface area is 163 Å². The van der Waals surface area contributed by atoms with Gasteiger partial charge in [0, 0.05) is 31.6 Å². The van der Waals surface area contributed by atoms with Gasteiger partial charge in [0.1, 0.15) is 17.8 Å². The van der Waals surface area contributed by atoms with Crippen molar-refractivity contribution in [2.45, 2.75) is 26.3 Å². The average molecular weight is 384 g/mol. The molecule has 1 aromatic heterocycles. The standard InChI is InChI=1S/C20H24N4O4/c1-14-11-17(24(26)27)13-21-19(14)23-9-7-16(8-10-23)20(25)22-12-15-3-5-18(28-2)6-4-15/h3-6,11,13,16H,7-10,12H2,1-2H3,(H,22,25). The Morgan fingerprint density at radius 1 is 1.32 bits per heavy atom. The number of benzene rings is 1. The van der Waals surface area contributed by atoms with Crippen LogP contribution in [0.1, 0.15) is 24.0 Å². The van der Waals surface area contributed by atoms with Crippen LogP contribution in [-0.4, -0.2) is 36.0 Å². The van der Waals surface area contributed by atoms with Crippen LogP contribution in [0.15, 0.2) is 36.5 Å². The number of anilines is 1. The van der Waals surface area contributed by atoms with Crippen LogP contribution in [0, 0.1) is 23.0 Å². The molecule has 0 saturated carbocycles. The third-order valence-electron chi connectivity index (χ3n) is 5.04. The van der Waals surface area contributed by atoms with Gasteiger partial charge in [0.2, 0.25) is 5.91 Å². The number of ether oxygens (including phenoxy) is 1. The molecule has 1 saturated heterocycles. The smallest absolute Gasteiger partial charge is 0.287 e. The second kappa shape index (κ2) is 8.69. The molecule has 2 aromatic rings. The van der Waals surface area contributed by atoms with E-state index in [4.69, 9.17) is 4.74 Å². The maximum Gasteiger partial charge on any atom is 0.287 e. The zero-order chi connectivity index (χ0) is 20.1. The average Bonchev–Trinajstić information content (AvgIpc) is 2.72. The Bertz CT molecular complexity index is 846. The highest BCUT2D eigenvalue weighted by molar-refractivity contribution is 5.79. The summed E-state index contributed by atoms with van der Waals surface area (Å²) in [7, 11) is 1.62. The molecule has 1 aromatic carbocycles. The maximum atomic E-state index is 12.5. The molecule has 2 heterocycles. The van der Waals surface area contributed by atoms with E-state index in [1.54, 1.807) is 7.11 Å². The van der Waals surface area contributed by atoms with Crippen LogP contribution in [0.3, 0.4) is 0 Å². The lowest BCUT2D eigenvalue weighted by atomic mass is 9.95. The van der Waals surface area contributed by atoms with Gasteiger partial charge in [-0.1, -0.05) is 12.1 Å². The van der Waals surface area contributed by atoms with Crippen LogP contribution in [0.4, 0.5) is 11.5 Å². The number of amides is 1. The second-order valence-corrected chi connectivity index (χ2v) is 6.92. The molecule has 0 aliphatic carbocycles. The van der Waals surface area contributed by atoms with E-state index < -0.39 is 4.92 Å². The number of hydrogen-bond acceptors (Lipinski definition) is 6. The first-order chi connectivity index (χ1) is 13.5. The van der Waals surface area contributed by atoms with Gasteiger partial charge in [-0.3, -0.25) is 14.9 Å². The Balaban J connectivity index is 1.51. The molecule has 1 aliphatic heterocycles. The third kappa shape index (κ3) is 4.57. The van der Waals surface area contributed by atoms with Gasteiger partial charge in [-0.25, -0.2) is 4.98 Å². The number of methoxy groups -OCH3 is 1. The molecule has 0 unspecified atom stereocenters. The van der Waals surface area contributed by atoms with Crippen LogP contribution in [0.2, 0.25) is 0 Å². The summed E-state index contributed by atoms with van der Waals surface area (Å²) in [5.74, 6) is 1.57. The molecule has 0 radical (unpaired) electrons. The quantitative estimate of drug-likeness (QED) is 0.607. The van der Waals surface area contributed by atoms with Crippen LogP contribution in [0.25, 0.3) is 0 Å². The van der Waals surface area contributed by atoms with E-state index in [-0.39, 0.29) is 17.5 Å². The lowest BCUT2D eigenvalue weighted by Crippen LogP contribution is -2.40.